The summed E-state index contributed by atoms with van der Waals surface area (Å²) in [5, 5.41) is 7.83. The first-order valence-corrected chi connectivity index (χ1v) is 13.9. The van der Waals surface area contributed by atoms with E-state index < -0.39 is 0 Å². The number of pyridine rings is 1. The molecule has 1 amide bonds. The molecule has 8 nitrogen and oxygen atoms in total. The van der Waals surface area contributed by atoms with Gasteiger partial charge in [-0.2, -0.15) is 0 Å². The Balaban J connectivity index is 1.31. The van der Waals surface area contributed by atoms with Gasteiger partial charge in [-0.25, -0.2) is 9.67 Å². The van der Waals surface area contributed by atoms with Crippen molar-refractivity contribution in [3.8, 4) is 17.3 Å². The second-order valence-electron chi connectivity index (χ2n) is 9.94. The van der Waals surface area contributed by atoms with Crippen LogP contribution in [0.25, 0.3) is 11.5 Å². The van der Waals surface area contributed by atoms with E-state index in [4.69, 9.17) is 9.47 Å². The Morgan fingerprint density at radius 2 is 1.61 bits per heavy atom. The molecule has 2 aromatic heterocycles. The van der Waals surface area contributed by atoms with E-state index in [0.29, 0.717) is 36.0 Å². The van der Waals surface area contributed by atoms with Crippen LogP contribution in [-0.2, 0) is 11.3 Å². The highest BCUT2D eigenvalue weighted by Gasteiger charge is 2.23. The molecule has 0 radical (unpaired) electrons. The fraction of sp³-hybridized carbons (Fsp3) is 0.212. The van der Waals surface area contributed by atoms with Gasteiger partial charge in [-0.3, -0.25) is 9.78 Å². The van der Waals surface area contributed by atoms with Crippen LogP contribution in [-0.4, -0.2) is 32.3 Å². The van der Waals surface area contributed by atoms with Gasteiger partial charge in [0.05, 0.1) is 11.6 Å². The number of aromatic nitrogens is 4. The fourth-order valence-corrected chi connectivity index (χ4v) is 4.91. The predicted octanol–water partition coefficient (Wildman–Crippen LogP) is 6.14. The van der Waals surface area contributed by atoms with Gasteiger partial charge in [-0.1, -0.05) is 91.0 Å². The zero-order valence-electron chi connectivity index (χ0n) is 22.6. The van der Waals surface area contributed by atoms with Gasteiger partial charge in [0, 0.05) is 18.9 Å². The Bertz CT molecular complexity index is 1530. The van der Waals surface area contributed by atoms with Gasteiger partial charge in [0.2, 0.25) is 0 Å². The summed E-state index contributed by atoms with van der Waals surface area (Å²) in [6.45, 7) is 1.01. The topological polar surface area (TPSA) is 91.2 Å². The molecule has 0 saturated carbocycles. The van der Waals surface area contributed by atoms with Crippen LogP contribution in [0.15, 0.2) is 110 Å². The lowest BCUT2D eigenvalue weighted by molar-refractivity contribution is -0.0395. The maximum atomic E-state index is 13.8. The molecular formula is C33H31N5O3. The van der Waals surface area contributed by atoms with Crippen LogP contribution < -0.4 is 10.1 Å². The summed E-state index contributed by atoms with van der Waals surface area (Å²) >= 11 is 0. The third-order valence-corrected chi connectivity index (χ3v) is 7.08. The van der Waals surface area contributed by atoms with Crippen molar-refractivity contribution in [2.75, 3.05) is 6.61 Å². The van der Waals surface area contributed by atoms with E-state index >= 15 is 0 Å². The maximum Gasteiger partial charge on any atom is 0.257 e. The average molecular weight is 546 g/mol. The number of carbonyl (C=O) groups is 1. The predicted molar refractivity (Wildman–Crippen MR) is 155 cm³/mol. The van der Waals surface area contributed by atoms with Crippen LogP contribution in [0.4, 0.5) is 0 Å². The summed E-state index contributed by atoms with van der Waals surface area (Å²) in [7, 11) is 0. The Labute approximate surface area is 239 Å². The number of rotatable bonds is 9. The quantitative estimate of drug-likeness (QED) is 0.239. The normalized spacial score (nSPS) is 15.0. The van der Waals surface area contributed by atoms with E-state index in [1.54, 1.807) is 17.1 Å². The van der Waals surface area contributed by atoms with Gasteiger partial charge in [0.15, 0.2) is 12.1 Å². The minimum atomic E-state index is -0.348. The van der Waals surface area contributed by atoms with Gasteiger partial charge < -0.3 is 14.8 Å². The monoisotopic (exact) mass is 545 g/mol. The second-order valence-corrected chi connectivity index (χ2v) is 9.94. The molecule has 8 heteroatoms. The third-order valence-electron chi connectivity index (χ3n) is 7.08. The molecular weight excluding hydrogens is 514 g/mol. The largest absolute Gasteiger partial charge is 0.488 e. The van der Waals surface area contributed by atoms with Crippen LogP contribution in [0.1, 0.15) is 58.6 Å². The van der Waals surface area contributed by atoms with Crippen molar-refractivity contribution < 1.29 is 14.3 Å². The smallest absolute Gasteiger partial charge is 0.257 e. The molecule has 3 heterocycles. The summed E-state index contributed by atoms with van der Waals surface area (Å²) in [4.78, 5) is 22.9. The van der Waals surface area contributed by atoms with E-state index in [-0.39, 0.29) is 18.2 Å². The first kappa shape index (κ1) is 26.4. The van der Waals surface area contributed by atoms with Crippen molar-refractivity contribution in [2.24, 2.45) is 0 Å². The minimum absolute atomic E-state index is 0.128. The van der Waals surface area contributed by atoms with Gasteiger partial charge in [0.25, 0.3) is 5.91 Å². The van der Waals surface area contributed by atoms with Crippen LogP contribution in [0.3, 0.4) is 0 Å². The molecule has 3 aromatic carbocycles. The molecule has 0 spiro atoms. The Morgan fingerprint density at radius 3 is 2.27 bits per heavy atom. The van der Waals surface area contributed by atoms with Crippen LogP contribution in [0.2, 0.25) is 0 Å². The SMILES string of the molecule is O=C(NC(c1ccccc1)c1ccccc1)c1cnc(-c2ncn(C3CCCCO3)n2)cc1OCc1ccccc1. The van der Waals surface area contributed by atoms with Gasteiger partial charge in [-0.15, -0.1) is 5.10 Å². The lowest BCUT2D eigenvalue weighted by Gasteiger charge is -2.22. The molecule has 1 aliphatic heterocycles. The summed E-state index contributed by atoms with van der Waals surface area (Å²) < 4.78 is 13.8. The number of benzene rings is 3. The number of carbonyl (C=O) groups excluding carboxylic acids is 1. The highest BCUT2D eigenvalue weighted by Crippen LogP contribution is 2.28. The molecule has 5 aromatic rings. The molecule has 1 fully saturated rings. The van der Waals surface area contributed by atoms with Gasteiger partial charge >= 0.3 is 0 Å². The zero-order chi connectivity index (χ0) is 27.9. The second kappa shape index (κ2) is 12.6. The number of hydrogen-bond acceptors (Lipinski definition) is 6. The van der Waals surface area contributed by atoms with Gasteiger partial charge in [0.1, 0.15) is 24.4 Å². The third kappa shape index (κ3) is 6.34. The first-order chi connectivity index (χ1) is 20.2. The number of nitrogens with zero attached hydrogens (tertiary/aromatic N) is 4. The molecule has 1 aliphatic rings. The Kier molecular flexibility index (Phi) is 8.10. The number of ether oxygens (including phenoxy) is 2. The summed E-state index contributed by atoms with van der Waals surface area (Å²) in [6.07, 6.45) is 6.12. The number of nitrogens with one attached hydrogen (secondary N) is 1. The van der Waals surface area contributed by atoms with Crippen molar-refractivity contribution in [1.82, 2.24) is 25.1 Å². The maximum absolute atomic E-state index is 13.8. The highest BCUT2D eigenvalue weighted by molar-refractivity contribution is 5.97. The van der Waals surface area contributed by atoms with E-state index in [0.717, 1.165) is 36.0 Å². The van der Waals surface area contributed by atoms with Crippen molar-refractivity contribution >= 4 is 5.91 Å². The van der Waals surface area contributed by atoms with Crippen molar-refractivity contribution in [1.29, 1.82) is 0 Å². The van der Waals surface area contributed by atoms with E-state index in [1.807, 2.05) is 91.0 Å². The van der Waals surface area contributed by atoms with Crippen molar-refractivity contribution in [3.05, 3.63) is 132 Å². The molecule has 0 aliphatic carbocycles. The van der Waals surface area contributed by atoms with Crippen molar-refractivity contribution in [3.63, 3.8) is 0 Å². The molecule has 206 valence electrons. The molecule has 1 unspecified atom stereocenters. The molecule has 1 saturated heterocycles. The summed E-state index contributed by atoms with van der Waals surface area (Å²) in [5.41, 5.74) is 3.78. The average Bonchev–Trinajstić information content (AvgIpc) is 3.55. The van der Waals surface area contributed by atoms with Crippen LogP contribution >= 0.6 is 0 Å². The van der Waals surface area contributed by atoms with Crippen LogP contribution in [0, 0.1) is 0 Å². The van der Waals surface area contributed by atoms with E-state index in [1.165, 1.54) is 6.20 Å². The molecule has 6 rings (SSSR count). The Hall–Kier alpha value is -4.82. The summed E-state index contributed by atoms with van der Waals surface area (Å²) in [5.74, 6) is 0.558. The van der Waals surface area contributed by atoms with Crippen LogP contribution in [0.5, 0.6) is 5.75 Å². The molecule has 1 N–H and O–H groups in total. The minimum Gasteiger partial charge on any atom is -0.488 e. The first-order valence-electron chi connectivity index (χ1n) is 13.9. The lowest BCUT2D eigenvalue weighted by atomic mass is 9.98. The zero-order valence-corrected chi connectivity index (χ0v) is 22.6. The molecule has 0 bridgehead atoms. The molecule has 1 atom stereocenters. The van der Waals surface area contributed by atoms with E-state index in [9.17, 15) is 4.79 Å². The highest BCUT2D eigenvalue weighted by atomic mass is 16.5. The summed E-state index contributed by atoms with van der Waals surface area (Å²) in [6, 6.07) is 31.0. The van der Waals surface area contributed by atoms with Gasteiger partial charge in [-0.05, 0) is 36.0 Å². The molecule has 41 heavy (non-hydrogen) atoms. The number of hydrogen-bond donors (Lipinski definition) is 1. The fourth-order valence-electron chi connectivity index (χ4n) is 4.91. The number of amides is 1. The lowest BCUT2D eigenvalue weighted by Crippen LogP contribution is -2.29. The van der Waals surface area contributed by atoms with Crippen molar-refractivity contribution in [2.45, 2.75) is 38.1 Å². The standard InChI is InChI=1S/C33H31N5O3/c39-33(36-31(25-14-6-2-7-15-25)26-16-8-3-9-17-26)27-21-34-28(20-29(27)41-22-24-12-4-1-5-13-24)32-35-23-38(37-32)30-18-10-11-19-40-30/h1-9,12-17,20-21,23,30-31H,10-11,18-19,22H2,(H,36,39). The Morgan fingerprint density at radius 1 is 0.927 bits per heavy atom. The van der Waals surface area contributed by atoms with E-state index in [2.05, 4.69) is 20.4 Å².